The Morgan fingerprint density at radius 1 is 0.857 bits per heavy atom. The number of hydrogen-bond donors (Lipinski definition) is 4. The van der Waals surface area contributed by atoms with Gasteiger partial charge < -0.3 is 20.8 Å². The van der Waals surface area contributed by atoms with Crippen molar-refractivity contribution in [3.63, 3.8) is 0 Å². The van der Waals surface area contributed by atoms with Gasteiger partial charge in [-0.2, -0.15) is 0 Å². The summed E-state index contributed by atoms with van der Waals surface area (Å²) in [5, 5.41) is 26.8. The van der Waals surface area contributed by atoms with Gasteiger partial charge in [0, 0.05) is 11.6 Å². The molecule has 0 heterocycles. The van der Waals surface area contributed by atoms with Gasteiger partial charge in [-0.1, -0.05) is 49.2 Å². The largest absolute Gasteiger partial charge is 0.504 e. The number of aromatic hydroxyl groups is 2. The molecule has 2 aromatic carbocycles. The van der Waals surface area contributed by atoms with Gasteiger partial charge in [0.15, 0.2) is 11.5 Å². The first kappa shape index (κ1) is 20.7. The van der Waals surface area contributed by atoms with Gasteiger partial charge in [0.2, 0.25) is 0 Å². The quantitative estimate of drug-likeness (QED) is 0.351. The molecule has 0 radical (unpaired) electrons. The predicted octanol–water partition coefficient (Wildman–Crippen LogP) is 3.94. The molecule has 4 nitrogen and oxygen atoms in total. The zero-order valence-electron chi connectivity index (χ0n) is 16.8. The lowest BCUT2D eigenvalue weighted by molar-refractivity contribution is 0.387. The fourth-order valence-electron chi connectivity index (χ4n) is 4.03. The molecule has 0 fully saturated rings. The summed E-state index contributed by atoms with van der Waals surface area (Å²) < 4.78 is 0. The molecule has 0 spiro atoms. The first-order valence-electron chi connectivity index (χ1n) is 10.7. The number of rotatable bonds is 11. The third kappa shape index (κ3) is 6.25. The molecule has 3 rings (SSSR count). The molecule has 1 aliphatic rings. The van der Waals surface area contributed by atoms with Crippen molar-refractivity contribution in [3.8, 4) is 11.5 Å². The second kappa shape index (κ2) is 11.1. The maximum atomic E-state index is 9.96. The summed E-state index contributed by atoms with van der Waals surface area (Å²) in [6, 6.07) is 14.7. The minimum atomic E-state index is -0.000264. The SMILES string of the molecule is Oc1ccc2c(c1O)CCC(NCCCCCCNCCc1ccccc1)C2. The second-order valence-electron chi connectivity index (χ2n) is 7.86. The Labute approximate surface area is 169 Å². The molecule has 28 heavy (non-hydrogen) atoms. The van der Waals surface area contributed by atoms with E-state index in [1.165, 1.54) is 36.8 Å². The summed E-state index contributed by atoms with van der Waals surface area (Å²) in [6.07, 6.45) is 8.91. The Hall–Kier alpha value is -2.04. The van der Waals surface area contributed by atoms with Gasteiger partial charge in [-0.05, 0) is 75.4 Å². The fourth-order valence-corrected chi connectivity index (χ4v) is 4.03. The molecule has 4 N–H and O–H groups in total. The second-order valence-corrected chi connectivity index (χ2v) is 7.86. The van der Waals surface area contributed by atoms with Crippen LogP contribution in [0.5, 0.6) is 11.5 Å². The molecule has 0 bridgehead atoms. The maximum absolute atomic E-state index is 9.96. The summed E-state index contributed by atoms with van der Waals surface area (Å²) in [6.45, 7) is 3.23. The number of phenols is 2. The number of unbranched alkanes of at least 4 members (excludes halogenated alkanes) is 3. The summed E-state index contributed by atoms with van der Waals surface area (Å²) in [4.78, 5) is 0. The minimum Gasteiger partial charge on any atom is -0.504 e. The highest BCUT2D eigenvalue weighted by molar-refractivity contribution is 5.50. The van der Waals surface area contributed by atoms with Crippen molar-refractivity contribution in [1.29, 1.82) is 0 Å². The van der Waals surface area contributed by atoms with Gasteiger partial charge in [-0.3, -0.25) is 0 Å². The third-order valence-electron chi connectivity index (χ3n) is 5.71. The maximum Gasteiger partial charge on any atom is 0.160 e. The molecule has 0 saturated carbocycles. The lowest BCUT2D eigenvalue weighted by atomic mass is 9.87. The van der Waals surface area contributed by atoms with Crippen molar-refractivity contribution in [2.75, 3.05) is 19.6 Å². The van der Waals surface area contributed by atoms with E-state index in [0.29, 0.717) is 6.04 Å². The van der Waals surface area contributed by atoms with E-state index in [9.17, 15) is 10.2 Å². The van der Waals surface area contributed by atoms with Gasteiger partial charge in [0.1, 0.15) is 0 Å². The monoisotopic (exact) mass is 382 g/mol. The van der Waals surface area contributed by atoms with Crippen LogP contribution in [0.2, 0.25) is 0 Å². The number of nitrogens with one attached hydrogen (secondary N) is 2. The lowest BCUT2D eigenvalue weighted by Gasteiger charge is -2.26. The predicted molar refractivity (Wildman–Crippen MR) is 115 cm³/mol. The van der Waals surface area contributed by atoms with Crippen molar-refractivity contribution in [2.45, 2.75) is 57.4 Å². The molecular formula is C24H34N2O2. The van der Waals surface area contributed by atoms with E-state index in [-0.39, 0.29) is 11.5 Å². The van der Waals surface area contributed by atoms with Gasteiger partial charge in [-0.15, -0.1) is 0 Å². The van der Waals surface area contributed by atoms with Crippen molar-refractivity contribution in [2.24, 2.45) is 0 Å². The van der Waals surface area contributed by atoms with Crippen molar-refractivity contribution in [3.05, 3.63) is 59.2 Å². The smallest absolute Gasteiger partial charge is 0.160 e. The van der Waals surface area contributed by atoms with E-state index >= 15 is 0 Å². The minimum absolute atomic E-state index is 0.000264. The summed E-state index contributed by atoms with van der Waals surface area (Å²) in [5.41, 5.74) is 3.50. The highest BCUT2D eigenvalue weighted by atomic mass is 16.3. The summed E-state index contributed by atoms with van der Waals surface area (Å²) in [7, 11) is 0. The Morgan fingerprint density at radius 3 is 2.46 bits per heavy atom. The first-order chi connectivity index (χ1) is 13.7. The fraction of sp³-hybridized carbons (Fsp3) is 0.500. The van der Waals surface area contributed by atoms with Crippen molar-refractivity contribution < 1.29 is 10.2 Å². The molecule has 2 aromatic rings. The topological polar surface area (TPSA) is 64.5 Å². The molecule has 1 atom stereocenters. The Balaban J connectivity index is 1.19. The molecule has 1 unspecified atom stereocenters. The van der Waals surface area contributed by atoms with Crippen molar-refractivity contribution >= 4 is 0 Å². The zero-order valence-corrected chi connectivity index (χ0v) is 16.8. The first-order valence-corrected chi connectivity index (χ1v) is 10.7. The number of hydrogen-bond acceptors (Lipinski definition) is 4. The standard InChI is InChI=1S/C24H34N2O2/c27-23-13-10-20-18-21(11-12-22(20)24(23)28)26-16-7-2-1-6-15-25-17-14-19-8-4-3-5-9-19/h3-5,8-10,13,21,25-28H,1-2,6-7,11-12,14-18H2. The molecular weight excluding hydrogens is 348 g/mol. The van der Waals surface area contributed by atoms with Crippen LogP contribution in [0.3, 0.4) is 0 Å². The van der Waals surface area contributed by atoms with Crippen LogP contribution in [0.25, 0.3) is 0 Å². The average Bonchev–Trinajstić information content (AvgIpc) is 2.73. The average molecular weight is 383 g/mol. The molecule has 0 saturated heterocycles. The highest BCUT2D eigenvalue weighted by Gasteiger charge is 2.21. The molecule has 0 aliphatic heterocycles. The molecule has 152 valence electrons. The van der Waals surface area contributed by atoms with Crippen LogP contribution in [0.4, 0.5) is 0 Å². The summed E-state index contributed by atoms with van der Waals surface area (Å²) in [5.74, 6) is 0.0769. The number of fused-ring (bicyclic) bond motifs is 1. The lowest BCUT2D eigenvalue weighted by Crippen LogP contribution is -2.35. The molecule has 4 heteroatoms. The normalized spacial score (nSPS) is 16.1. The Morgan fingerprint density at radius 2 is 1.64 bits per heavy atom. The van der Waals surface area contributed by atoms with Crippen molar-refractivity contribution in [1.82, 2.24) is 10.6 Å². The third-order valence-corrected chi connectivity index (χ3v) is 5.71. The van der Waals surface area contributed by atoms with E-state index in [2.05, 4.69) is 41.0 Å². The molecule has 1 aliphatic carbocycles. The van der Waals surface area contributed by atoms with Gasteiger partial charge in [-0.25, -0.2) is 0 Å². The summed E-state index contributed by atoms with van der Waals surface area (Å²) >= 11 is 0. The Bertz CT molecular complexity index is 718. The van der Waals surface area contributed by atoms with Crippen LogP contribution in [0, 0.1) is 0 Å². The van der Waals surface area contributed by atoms with E-state index in [4.69, 9.17) is 0 Å². The van der Waals surface area contributed by atoms with Gasteiger partial charge in [0.05, 0.1) is 0 Å². The van der Waals surface area contributed by atoms with Gasteiger partial charge in [0.25, 0.3) is 0 Å². The van der Waals surface area contributed by atoms with E-state index in [0.717, 1.165) is 50.9 Å². The van der Waals surface area contributed by atoms with Gasteiger partial charge >= 0.3 is 0 Å². The van der Waals surface area contributed by atoms with E-state index < -0.39 is 0 Å². The van der Waals surface area contributed by atoms with Crippen LogP contribution in [-0.2, 0) is 19.3 Å². The molecule has 0 aromatic heterocycles. The Kier molecular flexibility index (Phi) is 8.19. The molecule has 0 amide bonds. The van der Waals surface area contributed by atoms with Crippen LogP contribution >= 0.6 is 0 Å². The van der Waals surface area contributed by atoms with E-state index in [1.54, 1.807) is 6.07 Å². The van der Waals surface area contributed by atoms with Crippen LogP contribution in [0.15, 0.2) is 42.5 Å². The number of phenolic OH excluding ortho intramolecular Hbond substituents is 2. The number of benzene rings is 2. The van der Waals surface area contributed by atoms with Crippen LogP contribution < -0.4 is 10.6 Å². The van der Waals surface area contributed by atoms with E-state index in [1.807, 2.05) is 6.07 Å². The highest BCUT2D eigenvalue weighted by Crippen LogP contribution is 2.35. The van der Waals surface area contributed by atoms with Crippen LogP contribution in [0.1, 0.15) is 48.8 Å². The van der Waals surface area contributed by atoms with Crippen LogP contribution in [-0.4, -0.2) is 35.9 Å². The zero-order chi connectivity index (χ0) is 19.6.